The summed E-state index contributed by atoms with van der Waals surface area (Å²) in [6, 6.07) is 11.3. The fourth-order valence-corrected chi connectivity index (χ4v) is 2.60. The molecule has 0 radical (unpaired) electrons. The molecule has 2 amide bonds. The zero-order valence-electron chi connectivity index (χ0n) is 15.7. The quantitative estimate of drug-likeness (QED) is 0.665. The number of hydrogen-bond donors (Lipinski definition) is 2. The Morgan fingerprint density at radius 1 is 0.963 bits per heavy atom. The van der Waals surface area contributed by atoms with Gasteiger partial charge in [0, 0.05) is 25.1 Å². The smallest absolute Gasteiger partial charge is 0.251 e. The van der Waals surface area contributed by atoms with Crippen molar-refractivity contribution in [3.63, 3.8) is 0 Å². The Morgan fingerprint density at radius 2 is 1.59 bits per heavy atom. The van der Waals surface area contributed by atoms with Crippen molar-refractivity contribution in [2.75, 3.05) is 19.7 Å². The Hall–Kier alpha value is -2.89. The van der Waals surface area contributed by atoms with Gasteiger partial charge in [-0.15, -0.1) is 0 Å². The van der Waals surface area contributed by atoms with Crippen LogP contribution in [0.4, 0.5) is 4.39 Å². The lowest BCUT2D eigenvalue weighted by atomic mass is 10.1. The molecular formula is C21H25FN2O3. The average molecular weight is 372 g/mol. The first-order valence-electron chi connectivity index (χ1n) is 8.97. The van der Waals surface area contributed by atoms with Gasteiger partial charge >= 0.3 is 0 Å². The fourth-order valence-electron chi connectivity index (χ4n) is 2.60. The summed E-state index contributed by atoms with van der Waals surface area (Å²) >= 11 is 0. The van der Waals surface area contributed by atoms with Gasteiger partial charge in [0.15, 0.2) is 0 Å². The maximum Gasteiger partial charge on any atom is 0.251 e. The van der Waals surface area contributed by atoms with Crippen molar-refractivity contribution >= 4 is 11.8 Å². The van der Waals surface area contributed by atoms with E-state index in [1.807, 2.05) is 32.0 Å². The van der Waals surface area contributed by atoms with E-state index in [2.05, 4.69) is 10.6 Å². The molecule has 144 valence electrons. The minimum absolute atomic E-state index is 0.0869. The highest BCUT2D eigenvalue weighted by atomic mass is 19.1. The van der Waals surface area contributed by atoms with Gasteiger partial charge in [0.1, 0.15) is 11.6 Å². The molecule has 5 nitrogen and oxygen atoms in total. The van der Waals surface area contributed by atoms with Crippen molar-refractivity contribution in [2.45, 2.75) is 26.7 Å². The van der Waals surface area contributed by atoms with Crippen LogP contribution in [0.15, 0.2) is 42.5 Å². The summed E-state index contributed by atoms with van der Waals surface area (Å²) in [5, 5.41) is 5.43. The number of halogens is 1. The van der Waals surface area contributed by atoms with Crippen LogP contribution >= 0.6 is 0 Å². The number of nitrogens with one attached hydrogen (secondary N) is 2. The maximum absolute atomic E-state index is 12.8. The third kappa shape index (κ3) is 6.73. The van der Waals surface area contributed by atoms with Crippen molar-refractivity contribution in [3.8, 4) is 5.75 Å². The van der Waals surface area contributed by atoms with Crippen molar-refractivity contribution in [1.82, 2.24) is 10.6 Å². The highest BCUT2D eigenvalue weighted by Crippen LogP contribution is 2.22. The van der Waals surface area contributed by atoms with Crippen LogP contribution in [-0.4, -0.2) is 31.5 Å². The SMILES string of the molecule is Cc1cccc(C)c1OCCCC(=O)NCCNC(=O)c1ccc(F)cc1. The van der Waals surface area contributed by atoms with Gasteiger partial charge in [0.05, 0.1) is 6.61 Å². The third-order valence-electron chi connectivity index (χ3n) is 4.04. The molecule has 0 fully saturated rings. The molecule has 2 rings (SSSR count). The average Bonchev–Trinajstić information content (AvgIpc) is 2.64. The second-order valence-electron chi connectivity index (χ2n) is 6.29. The van der Waals surface area contributed by atoms with Gasteiger partial charge in [-0.2, -0.15) is 0 Å². The standard InChI is InChI=1S/C21H25FN2O3/c1-15-5-3-6-16(2)20(15)27-14-4-7-19(25)23-12-13-24-21(26)17-8-10-18(22)11-9-17/h3,5-6,8-11H,4,7,12-14H2,1-2H3,(H,23,25)(H,24,26). The molecule has 0 aliphatic carbocycles. The minimum atomic E-state index is -0.389. The molecule has 0 aliphatic heterocycles. The highest BCUT2D eigenvalue weighted by Gasteiger charge is 2.06. The van der Waals surface area contributed by atoms with E-state index in [0.29, 0.717) is 38.1 Å². The zero-order valence-corrected chi connectivity index (χ0v) is 15.7. The molecule has 27 heavy (non-hydrogen) atoms. The molecule has 2 N–H and O–H groups in total. The maximum atomic E-state index is 12.8. The number of para-hydroxylation sites is 1. The van der Waals surface area contributed by atoms with Crippen LogP contribution in [0.1, 0.15) is 34.3 Å². The van der Waals surface area contributed by atoms with Gasteiger partial charge in [0.2, 0.25) is 5.91 Å². The number of carbonyl (C=O) groups is 2. The molecule has 0 saturated heterocycles. The lowest BCUT2D eigenvalue weighted by Gasteiger charge is -2.12. The fraction of sp³-hybridized carbons (Fsp3) is 0.333. The number of hydrogen-bond acceptors (Lipinski definition) is 3. The normalized spacial score (nSPS) is 10.3. The van der Waals surface area contributed by atoms with E-state index in [-0.39, 0.29) is 17.6 Å². The van der Waals surface area contributed by atoms with Crippen LogP contribution in [0.2, 0.25) is 0 Å². The Bertz CT molecular complexity index is 755. The van der Waals surface area contributed by atoms with E-state index in [9.17, 15) is 14.0 Å². The molecule has 2 aromatic carbocycles. The summed E-state index contributed by atoms with van der Waals surface area (Å²) in [7, 11) is 0. The van der Waals surface area contributed by atoms with Gasteiger partial charge in [-0.05, 0) is 55.7 Å². The number of benzene rings is 2. The summed E-state index contributed by atoms with van der Waals surface area (Å²) in [6.45, 7) is 5.11. The van der Waals surface area contributed by atoms with E-state index in [1.54, 1.807) is 0 Å². The molecule has 6 heteroatoms. The van der Waals surface area contributed by atoms with Crippen molar-refractivity contribution in [2.24, 2.45) is 0 Å². The van der Waals surface area contributed by atoms with E-state index in [0.717, 1.165) is 16.9 Å². The van der Waals surface area contributed by atoms with Gasteiger partial charge in [-0.25, -0.2) is 4.39 Å². The third-order valence-corrected chi connectivity index (χ3v) is 4.04. The lowest BCUT2D eigenvalue weighted by Crippen LogP contribution is -2.34. The molecule has 0 bridgehead atoms. The first kappa shape index (κ1) is 20.4. The van der Waals surface area contributed by atoms with Crippen LogP contribution in [0.25, 0.3) is 0 Å². The van der Waals surface area contributed by atoms with Gasteiger partial charge in [-0.3, -0.25) is 9.59 Å². The summed E-state index contributed by atoms with van der Waals surface area (Å²) in [6.07, 6.45) is 0.971. The van der Waals surface area contributed by atoms with Crippen molar-refractivity contribution < 1.29 is 18.7 Å². The number of ether oxygens (including phenoxy) is 1. The summed E-state index contributed by atoms with van der Waals surface area (Å²) < 4.78 is 18.6. The molecule has 0 aromatic heterocycles. The predicted molar refractivity (Wildman–Crippen MR) is 102 cm³/mol. The summed E-state index contributed by atoms with van der Waals surface area (Å²) in [5.41, 5.74) is 2.54. The topological polar surface area (TPSA) is 67.4 Å². The first-order chi connectivity index (χ1) is 13.0. The molecule has 0 heterocycles. The Morgan fingerprint density at radius 3 is 2.26 bits per heavy atom. The number of aryl methyl sites for hydroxylation is 2. The van der Waals surface area contributed by atoms with E-state index in [1.165, 1.54) is 24.3 Å². The van der Waals surface area contributed by atoms with Gasteiger partial charge in [0.25, 0.3) is 5.91 Å². The second-order valence-corrected chi connectivity index (χ2v) is 6.29. The molecular weight excluding hydrogens is 347 g/mol. The second kappa shape index (κ2) is 10.3. The summed E-state index contributed by atoms with van der Waals surface area (Å²) in [4.78, 5) is 23.7. The van der Waals surface area contributed by atoms with Crippen LogP contribution in [0, 0.1) is 19.7 Å². The Balaban J connectivity index is 1.58. The number of amides is 2. The van der Waals surface area contributed by atoms with Crippen molar-refractivity contribution in [1.29, 1.82) is 0 Å². The van der Waals surface area contributed by atoms with Crippen LogP contribution < -0.4 is 15.4 Å². The molecule has 0 aliphatic rings. The Kier molecular flexibility index (Phi) is 7.79. The summed E-state index contributed by atoms with van der Waals surface area (Å²) in [5.74, 6) is 0.101. The molecule has 0 unspecified atom stereocenters. The van der Waals surface area contributed by atoms with E-state index < -0.39 is 0 Å². The number of rotatable bonds is 9. The highest BCUT2D eigenvalue weighted by molar-refractivity contribution is 5.94. The van der Waals surface area contributed by atoms with E-state index in [4.69, 9.17) is 4.74 Å². The largest absolute Gasteiger partial charge is 0.493 e. The van der Waals surface area contributed by atoms with E-state index >= 15 is 0 Å². The minimum Gasteiger partial charge on any atom is -0.493 e. The predicted octanol–water partition coefficient (Wildman–Crippen LogP) is 3.15. The Labute approximate surface area is 158 Å². The van der Waals surface area contributed by atoms with Gasteiger partial charge < -0.3 is 15.4 Å². The van der Waals surface area contributed by atoms with Crippen LogP contribution in [-0.2, 0) is 4.79 Å². The van der Waals surface area contributed by atoms with Crippen LogP contribution in [0.3, 0.4) is 0 Å². The van der Waals surface area contributed by atoms with Crippen LogP contribution in [0.5, 0.6) is 5.75 Å². The first-order valence-corrected chi connectivity index (χ1v) is 8.97. The zero-order chi connectivity index (χ0) is 19.6. The monoisotopic (exact) mass is 372 g/mol. The van der Waals surface area contributed by atoms with Gasteiger partial charge in [-0.1, -0.05) is 18.2 Å². The lowest BCUT2D eigenvalue weighted by molar-refractivity contribution is -0.121. The molecule has 0 saturated carbocycles. The van der Waals surface area contributed by atoms with Crippen molar-refractivity contribution in [3.05, 3.63) is 65.0 Å². The molecule has 0 spiro atoms. The number of carbonyl (C=O) groups excluding carboxylic acids is 2. The molecule has 2 aromatic rings. The molecule has 0 atom stereocenters.